The first-order chi connectivity index (χ1) is 12.0. The third-order valence-corrected chi connectivity index (χ3v) is 4.49. The van der Waals surface area contributed by atoms with Crippen molar-refractivity contribution in [3.63, 3.8) is 0 Å². The minimum Gasteiger partial charge on any atom is -0.363 e. The van der Waals surface area contributed by atoms with Gasteiger partial charge in [0.05, 0.1) is 12.5 Å². The molecular weight excluding hydrogens is 318 g/mol. The number of carbonyl (C=O) groups is 1. The van der Waals surface area contributed by atoms with Crippen molar-refractivity contribution < 1.29 is 4.79 Å². The predicted molar refractivity (Wildman–Crippen MR) is 96.8 cm³/mol. The molecule has 0 bridgehead atoms. The zero-order chi connectivity index (χ0) is 17.8. The van der Waals surface area contributed by atoms with E-state index < -0.39 is 0 Å². The van der Waals surface area contributed by atoms with E-state index in [1.165, 1.54) is 0 Å². The van der Waals surface area contributed by atoms with Crippen molar-refractivity contribution in [1.29, 1.82) is 0 Å². The highest BCUT2D eigenvalue weighted by molar-refractivity contribution is 5.92. The van der Waals surface area contributed by atoms with E-state index in [4.69, 9.17) is 0 Å². The number of carbonyl (C=O) groups excluding carboxylic acids is 1. The SMILES string of the molecule is CN(C)c1ccnc(N2CCCC(CNC(=O)c3cncn3C)C2)n1. The zero-order valence-electron chi connectivity index (χ0n) is 15.0. The quantitative estimate of drug-likeness (QED) is 0.870. The van der Waals surface area contributed by atoms with Crippen LogP contribution in [0, 0.1) is 5.92 Å². The number of aromatic nitrogens is 4. The maximum absolute atomic E-state index is 12.2. The number of piperidine rings is 1. The molecule has 8 nitrogen and oxygen atoms in total. The third kappa shape index (κ3) is 4.07. The van der Waals surface area contributed by atoms with E-state index in [9.17, 15) is 4.79 Å². The summed E-state index contributed by atoms with van der Waals surface area (Å²) in [6, 6.07) is 1.90. The van der Waals surface area contributed by atoms with E-state index in [0.717, 1.165) is 37.7 Å². The van der Waals surface area contributed by atoms with Crippen LogP contribution >= 0.6 is 0 Å². The van der Waals surface area contributed by atoms with Crippen LogP contribution in [0.5, 0.6) is 0 Å². The molecule has 2 aromatic rings. The molecular formula is C17H25N7O. The molecule has 0 aromatic carbocycles. The maximum Gasteiger partial charge on any atom is 0.269 e. The van der Waals surface area contributed by atoms with E-state index in [-0.39, 0.29) is 5.91 Å². The van der Waals surface area contributed by atoms with Crippen LogP contribution in [-0.2, 0) is 7.05 Å². The Morgan fingerprint density at radius 2 is 2.28 bits per heavy atom. The van der Waals surface area contributed by atoms with Crippen LogP contribution in [0.1, 0.15) is 23.3 Å². The van der Waals surface area contributed by atoms with Crippen LogP contribution < -0.4 is 15.1 Å². The maximum atomic E-state index is 12.2. The van der Waals surface area contributed by atoms with Crippen molar-refractivity contribution in [3.05, 3.63) is 30.5 Å². The topological polar surface area (TPSA) is 79.2 Å². The number of rotatable bonds is 5. The molecule has 1 unspecified atom stereocenters. The molecule has 1 amide bonds. The van der Waals surface area contributed by atoms with E-state index in [2.05, 4.69) is 25.2 Å². The first-order valence-electron chi connectivity index (χ1n) is 8.54. The fourth-order valence-corrected chi connectivity index (χ4v) is 3.06. The lowest BCUT2D eigenvalue weighted by Crippen LogP contribution is -2.42. The summed E-state index contributed by atoms with van der Waals surface area (Å²) in [5, 5.41) is 3.02. The van der Waals surface area contributed by atoms with Gasteiger partial charge in [-0.2, -0.15) is 4.98 Å². The summed E-state index contributed by atoms with van der Waals surface area (Å²) in [7, 11) is 5.76. The third-order valence-electron chi connectivity index (χ3n) is 4.49. The van der Waals surface area contributed by atoms with Crippen molar-refractivity contribution in [1.82, 2.24) is 24.8 Å². The minimum absolute atomic E-state index is 0.0806. The lowest BCUT2D eigenvalue weighted by Gasteiger charge is -2.33. The number of hydrogen-bond donors (Lipinski definition) is 1. The van der Waals surface area contributed by atoms with Crippen molar-refractivity contribution in [2.75, 3.05) is 43.5 Å². The Hall–Kier alpha value is -2.64. The second-order valence-corrected chi connectivity index (χ2v) is 6.66. The highest BCUT2D eigenvalue weighted by Gasteiger charge is 2.23. The first-order valence-corrected chi connectivity index (χ1v) is 8.54. The minimum atomic E-state index is -0.0806. The average molecular weight is 343 g/mol. The molecule has 8 heteroatoms. The van der Waals surface area contributed by atoms with Gasteiger partial charge >= 0.3 is 0 Å². The zero-order valence-corrected chi connectivity index (χ0v) is 15.0. The number of hydrogen-bond acceptors (Lipinski definition) is 6. The molecule has 1 fully saturated rings. The fraction of sp³-hybridized carbons (Fsp3) is 0.529. The van der Waals surface area contributed by atoms with Crippen LogP contribution in [0.15, 0.2) is 24.8 Å². The molecule has 0 spiro atoms. The Morgan fingerprint density at radius 1 is 1.44 bits per heavy atom. The molecule has 134 valence electrons. The highest BCUT2D eigenvalue weighted by atomic mass is 16.1. The van der Waals surface area contributed by atoms with Gasteiger partial charge in [0.15, 0.2) is 0 Å². The number of amides is 1. The Morgan fingerprint density at radius 3 is 3.00 bits per heavy atom. The summed E-state index contributed by atoms with van der Waals surface area (Å²) in [5.41, 5.74) is 0.578. The van der Waals surface area contributed by atoms with Crippen LogP contribution in [0.4, 0.5) is 11.8 Å². The van der Waals surface area contributed by atoms with E-state index >= 15 is 0 Å². The summed E-state index contributed by atoms with van der Waals surface area (Å²) in [6.45, 7) is 2.44. The molecule has 1 aliphatic heterocycles. The Balaban J connectivity index is 1.59. The van der Waals surface area contributed by atoms with Gasteiger partial charge in [0.2, 0.25) is 5.95 Å². The summed E-state index contributed by atoms with van der Waals surface area (Å²) in [5.74, 6) is 1.96. The molecule has 25 heavy (non-hydrogen) atoms. The van der Waals surface area contributed by atoms with Gasteiger partial charge in [0.25, 0.3) is 5.91 Å². The molecule has 1 N–H and O–H groups in total. The molecule has 3 heterocycles. The van der Waals surface area contributed by atoms with Crippen LogP contribution in [0.2, 0.25) is 0 Å². The normalized spacial score (nSPS) is 17.4. The molecule has 1 aliphatic rings. The van der Waals surface area contributed by atoms with Crippen LogP contribution in [0.3, 0.4) is 0 Å². The molecule has 1 saturated heterocycles. The second-order valence-electron chi connectivity index (χ2n) is 6.66. The number of imidazole rings is 1. The van der Waals surface area contributed by atoms with E-state index in [0.29, 0.717) is 18.2 Å². The second kappa shape index (κ2) is 7.50. The van der Waals surface area contributed by atoms with E-state index in [1.807, 2.05) is 32.1 Å². The molecule has 0 aliphatic carbocycles. The predicted octanol–water partition coefficient (Wildman–Crippen LogP) is 0.922. The van der Waals surface area contributed by atoms with Crippen LogP contribution in [-0.4, -0.2) is 59.2 Å². The van der Waals surface area contributed by atoms with Gasteiger partial charge in [-0.15, -0.1) is 0 Å². The number of nitrogens with zero attached hydrogens (tertiary/aromatic N) is 6. The monoisotopic (exact) mass is 343 g/mol. The fourth-order valence-electron chi connectivity index (χ4n) is 3.06. The summed E-state index contributed by atoms with van der Waals surface area (Å²) in [4.78, 5) is 29.4. The Labute approximate surface area is 147 Å². The molecule has 0 saturated carbocycles. The van der Waals surface area contributed by atoms with Gasteiger partial charge in [-0.05, 0) is 24.8 Å². The van der Waals surface area contributed by atoms with Gasteiger partial charge in [-0.25, -0.2) is 9.97 Å². The average Bonchev–Trinajstić information content (AvgIpc) is 3.06. The Bertz CT molecular complexity index is 727. The smallest absolute Gasteiger partial charge is 0.269 e. The van der Waals surface area contributed by atoms with Gasteiger partial charge < -0.3 is 19.7 Å². The molecule has 0 radical (unpaired) electrons. The van der Waals surface area contributed by atoms with Gasteiger partial charge in [0, 0.05) is 47.0 Å². The largest absolute Gasteiger partial charge is 0.363 e. The lowest BCUT2D eigenvalue weighted by molar-refractivity contribution is 0.0937. The Kier molecular flexibility index (Phi) is 5.16. The van der Waals surface area contributed by atoms with Gasteiger partial charge in [-0.3, -0.25) is 4.79 Å². The lowest BCUT2D eigenvalue weighted by atomic mass is 9.98. The highest BCUT2D eigenvalue weighted by Crippen LogP contribution is 2.21. The van der Waals surface area contributed by atoms with Crippen molar-refractivity contribution >= 4 is 17.7 Å². The standard InChI is InChI=1S/C17H25N7O/c1-22(2)15-6-7-19-17(21-15)24-8-4-5-13(11-24)9-20-16(25)14-10-18-12-23(14)3/h6-7,10,12-13H,4-5,8-9,11H2,1-3H3,(H,20,25). The summed E-state index contributed by atoms with van der Waals surface area (Å²) < 4.78 is 1.73. The summed E-state index contributed by atoms with van der Waals surface area (Å²) in [6.07, 6.45) is 7.18. The molecule has 2 aromatic heterocycles. The van der Waals surface area contributed by atoms with Crippen molar-refractivity contribution in [3.8, 4) is 0 Å². The number of aryl methyl sites for hydroxylation is 1. The van der Waals surface area contributed by atoms with Gasteiger partial charge in [0.1, 0.15) is 11.5 Å². The number of nitrogens with one attached hydrogen (secondary N) is 1. The van der Waals surface area contributed by atoms with Crippen molar-refractivity contribution in [2.45, 2.75) is 12.8 Å². The molecule has 1 atom stereocenters. The van der Waals surface area contributed by atoms with E-state index in [1.54, 1.807) is 23.3 Å². The summed E-state index contributed by atoms with van der Waals surface area (Å²) >= 11 is 0. The van der Waals surface area contributed by atoms with Crippen LogP contribution in [0.25, 0.3) is 0 Å². The number of anilines is 2. The van der Waals surface area contributed by atoms with Crippen molar-refractivity contribution in [2.24, 2.45) is 13.0 Å². The molecule has 3 rings (SSSR count). The first kappa shape index (κ1) is 17.2. The van der Waals surface area contributed by atoms with Gasteiger partial charge in [-0.1, -0.05) is 0 Å².